The van der Waals surface area contributed by atoms with Gasteiger partial charge in [0.2, 0.25) is 0 Å². The number of nitrogens with zero attached hydrogens (tertiary/aromatic N) is 1. The Bertz CT molecular complexity index is 782. The summed E-state index contributed by atoms with van der Waals surface area (Å²) < 4.78 is 5.79. The molecule has 1 heterocycles. The quantitative estimate of drug-likeness (QED) is 0.798. The molecule has 1 amide bonds. The third-order valence-corrected chi connectivity index (χ3v) is 3.31. The predicted molar refractivity (Wildman–Crippen MR) is 86.9 cm³/mol. The Morgan fingerprint density at radius 2 is 1.82 bits per heavy atom. The van der Waals surface area contributed by atoms with E-state index in [0.29, 0.717) is 5.75 Å². The first kappa shape index (κ1) is 14.1. The van der Waals surface area contributed by atoms with Gasteiger partial charge in [0, 0.05) is 17.3 Å². The molecule has 2 aromatic carbocycles. The highest BCUT2D eigenvalue weighted by molar-refractivity contribution is 5.94. The molecule has 1 unspecified atom stereocenters. The Balaban J connectivity index is 1.75. The van der Waals surface area contributed by atoms with Crippen molar-refractivity contribution in [1.82, 2.24) is 4.98 Å². The van der Waals surface area contributed by atoms with E-state index in [9.17, 15) is 4.79 Å². The summed E-state index contributed by atoms with van der Waals surface area (Å²) in [5, 5.41) is 3.81. The number of benzene rings is 2. The van der Waals surface area contributed by atoms with Crippen molar-refractivity contribution in [3.8, 4) is 5.75 Å². The second-order valence-electron chi connectivity index (χ2n) is 4.95. The van der Waals surface area contributed by atoms with Gasteiger partial charge in [-0.25, -0.2) is 0 Å². The molecule has 3 aromatic rings. The van der Waals surface area contributed by atoms with Gasteiger partial charge < -0.3 is 10.1 Å². The van der Waals surface area contributed by atoms with E-state index in [0.717, 1.165) is 16.6 Å². The van der Waals surface area contributed by atoms with E-state index < -0.39 is 6.10 Å². The van der Waals surface area contributed by atoms with Crippen LogP contribution in [0.4, 0.5) is 5.69 Å². The molecule has 0 aliphatic rings. The van der Waals surface area contributed by atoms with Gasteiger partial charge in [0.25, 0.3) is 5.91 Å². The number of carbonyl (C=O) groups is 1. The summed E-state index contributed by atoms with van der Waals surface area (Å²) in [6.07, 6.45) is 1.09. The summed E-state index contributed by atoms with van der Waals surface area (Å²) in [5.41, 5.74) is 1.50. The number of rotatable bonds is 4. The van der Waals surface area contributed by atoms with Crippen molar-refractivity contribution >= 4 is 22.5 Å². The Hall–Kier alpha value is -2.88. The minimum atomic E-state index is -0.618. The van der Waals surface area contributed by atoms with E-state index in [1.165, 1.54) is 0 Å². The van der Waals surface area contributed by atoms with Crippen LogP contribution in [0.1, 0.15) is 6.92 Å². The van der Waals surface area contributed by atoms with Crippen LogP contribution >= 0.6 is 0 Å². The molecule has 0 spiro atoms. The van der Waals surface area contributed by atoms with Crippen molar-refractivity contribution in [2.75, 3.05) is 5.32 Å². The molecular weight excluding hydrogens is 276 g/mol. The van der Waals surface area contributed by atoms with Crippen molar-refractivity contribution in [1.29, 1.82) is 0 Å². The van der Waals surface area contributed by atoms with Crippen LogP contribution in [-0.2, 0) is 4.79 Å². The summed E-state index contributed by atoms with van der Waals surface area (Å²) >= 11 is 0. The molecular formula is C18H16N2O2. The van der Waals surface area contributed by atoms with E-state index in [1.54, 1.807) is 13.1 Å². The summed E-state index contributed by atoms with van der Waals surface area (Å²) in [6.45, 7) is 1.72. The number of ether oxygens (including phenoxy) is 1. The molecule has 3 rings (SSSR count). The SMILES string of the molecule is CC(Oc1cccc2cccnc12)C(=O)Nc1ccccc1. The number of aromatic nitrogens is 1. The number of anilines is 1. The van der Waals surface area contributed by atoms with Gasteiger partial charge in [-0.05, 0) is 31.2 Å². The summed E-state index contributed by atoms with van der Waals surface area (Å²) in [7, 11) is 0. The fourth-order valence-corrected chi connectivity index (χ4v) is 2.18. The standard InChI is InChI=1S/C18H16N2O2/c1-13(18(21)20-15-9-3-2-4-10-15)22-16-11-5-7-14-8-6-12-19-17(14)16/h2-13H,1H3,(H,20,21). The monoisotopic (exact) mass is 292 g/mol. The lowest BCUT2D eigenvalue weighted by Gasteiger charge is -2.15. The lowest BCUT2D eigenvalue weighted by atomic mass is 10.2. The molecule has 0 bridgehead atoms. The zero-order valence-electron chi connectivity index (χ0n) is 12.2. The van der Waals surface area contributed by atoms with Crippen molar-refractivity contribution in [3.05, 3.63) is 66.9 Å². The number of pyridine rings is 1. The Kier molecular flexibility index (Phi) is 4.01. The number of fused-ring (bicyclic) bond motifs is 1. The normalized spacial score (nSPS) is 11.9. The number of amides is 1. The molecule has 1 aromatic heterocycles. The summed E-state index contributed by atoms with van der Waals surface area (Å²) in [6, 6.07) is 18.8. The molecule has 0 aliphatic carbocycles. The maximum atomic E-state index is 12.2. The highest BCUT2D eigenvalue weighted by Crippen LogP contribution is 2.24. The lowest BCUT2D eigenvalue weighted by Crippen LogP contribution is -2.30. The van der Waals surface area contributed by atoms with Gasteiger partial charge in [-0.1, -0.05) is 36.4 Å². The van der Waals surface area contributed by atoms with Gasteiger partial charge in [-0.15, -0.1) is 0 Å². The Morgan fingerprint density at radius 3 is 2.64 bits per heavy atom. The van der Waals surface area contributed by atoms with Crippen molar-refractivity contribution in [2.45, 2.75) is 13.0 Å². The Morgan fingerprint density at radius 1 is 1.05 bits per heavy atom. The second kappa shape index (κ2) is 6.26. The molecule has 1 N–H and O–H groups in total. The number of nitrogens with one attached hydrogen (secondary N) is 1. The van der Waals surface area contributed by atoms with Gasteiger partial charge in [0.05, 0.1) is 0 Å². The molecule has 4 nitrogen and oxygen atoms in total. The maximum absolute atomic E-state index is 12.2. The average Bonchev–Trinajstić information content (AvgIpc) is 2.56. The second-order valence-corrected chi connectivity index (χ2v) is 4.95. The topological polar surface area (TPSA) is 51.2 Å². The zero-order chi connectivity index (χ0) is 15.4. The molecule has 110 valence electrons. The minimum Gasteiger partial charge on any atom is -0.479 e. The first-order chi connectivity index (χ1) is 10.7. The van der Waals surface area contributed by atoms with Gasteiger partial charge in [0.15, 0.2) is 6.10 Å². The van der Waals surface area contributed by atoms with Gasteiger partial charge in [-0.2, -0.15) is 0 Å². The molecule has 0 aliphatic heterocycles. The highest BCUT2D eigenvalue weighted by Gasteiger charge is 2.16. The van der Waals surface area contributed by atoms with Gasteiger partial charge in [-0.3, -0.25) is 9.78 Å². The number of hydrogen-bond acceptors (Lipinski definition) is 3. The fraction of sp³-hybridized carbons (Fsp3) is 0.111. The third kappa shape index (κ3) is 3.06. The van der Waals surface area contributed by atoms with Crippen LogP contribution in [0.15, 0.2) is 66.9 Å². The third-order valence-electron chi connectivity index (χ3n) is 3.31. The van der Waals surface area contributed by atoms with E-state index in [1.807, 2.05) is 60.7 Å². The predicted octanol–water partition coefficient (Wildman–Crippen LogP) is 3.64. The maximum Gasteiger partial charge on any atom is 0.265 e. The molecule has 0 radical (unpaired) electrons. The molecule has 22 heavy (non-hydrogen) atoms. The number of hydrogen-bond donors (Lipinski definition) is 1. The van der Waals surface area contributed by atoms with Crippen molar-refractivity contribution in [3.63, 3.8) is 0 Å². The van der Waals surface area contributed by atoms with Crippen molar-refractivity contribution < 1.29 is 9.53 Å². The van der Waals surface area contributed by atoms with Crippen LogP contribution in [-0.4, -0.2) is 17.0 Å². The van der Waals surface area contributed by atoms with Gasteiger partial charge >= 0.3 is 0 Å². The Labute approximate surface area is 128 Å². The van der Waals surface area contributed by atoms with Crippen LogP contribution in [0.25, 0.3) is 10.9 Å². The van der Waals surface area contributed by atoms with Crippen molar-refractivity contribution in [2.24, 2.45) is 0 Å². The summed E-state index contributed by atoms with van der Waals surface area (Å²) in [5.74, 6) is 0.410. The number of carbonyl (C=O) groups excluding carboxylic acids is 1. The average molecular weight is 292 g/mol. The fourth-order valence-electron chi connectivity index (χ4n) is 2.18. The number of para-hydroxylation sites is 2. The zero-order valence-corrected chi connectivity index (χ0v) is 12.2. The smallest absolute Gasteiger partial charge is 0.265 e. The van der Waals surface area contributed by atoms with Crippen LogP contribution in [0.2, 0.25) is 0 Å². The largest absolute Gasteiger partial charge is 0.479 e. The van der Waals surface area contributed by atoms with E-state index >= 15 is 0 Å². The van der Waals surface area contributed by atoms with Gasteiger partial charge in [0.1, 0.15) is 11.3 Å². The minimum absolute atomic E-state index is 0.195. The van der Waals surface area contributed by atoms with Crippen LogP contribution in [0, 0.1) is 0 Å². The van der Waals surface area contributed by atoms with E-state index in [-0.39, 0.29) is 5.91 Å². The van der Waals surface area contributed by atoms with Crippen LogP contribution < -0.4 is 10.1 Å². The molecule has 1 atom stereocenters. The van der Waals surface area contributed by atoms with Crippen LogP contribution in [0.3, 0.4) is 0 Å². The molecule has 4 heteroatoms. The molecule has 0 saturated carbocycles. The molecule has 0 fully saturated rings. The van der Waals surface area contributed by atoms with E-state index in [2.05, 4.69) is 10.3 Å². The lowest BCUT2D eigenvalue weighted by molar-refractivity contribution is -0.122. The van der Waals surface area contributed by atoms with E-state index in [4.69, 9.17) is 4.74 Å². The highest BCUT2D eigenvalue weighted by atomic mass is 16.5. The molecule has 0 saturated heterocycles. The van der Waals surface area contributed by atoms with Crippen LogP contribution in [0.5, 0.6) is 5.75 Å². The first-order valence-electron chi connectivity index (χ1n) is 7.10. The first-order valence-corrected chi connectivity index (χ1v) is 7.10. The summed E-state index contributed by atoms with van der Waals surface area (Å²) in [4.78, 5) is 16.5.